The Labute approximate surface area is 151 Å². The van der Waals surface area contributed by atoms with Crippen molar-refractivity contribution >= 4 is 15.9 Å². The van der Waals surface area contributed by atoms with E-state index >= 15 is 0 Å². The molecular formula is C19H23BrFNO2. The summed E-state index contributed by atoms with van der Waals surface area (Å²) in [5.41, 5.74) is 2.03. The second-order valence-electron chi connectivity index (χ2n) is 6.63. The number of benzene rings is 2. The van der Waals surface area contributed by atoms with Crippen molar-refractivity contribution in [1.82, 2.24) is 5.32 Å². The summed E-state index contributed by atoms with van der Waals surface area (Å²) < 4.78 is 25.1. The number of methoxy groups -OCH3 is 1. The van der Waals surface area contributed by atoms with Crippen LogP contribution < -0.4 is 14.8 Å². The molecule has 0 amide bonds. The molecule has 0 aromatic heterocycles. The lowest BCUT2D eigenvalue weighted by molar-refractivity contribution is 0.282. The van der Waals surface area contributed by atoms with Crippen molar-refractivity contribution in [2.45, 2.75) is 39.5 Å². The summed E-state index contributed by atoms with van der Waals surface area (Å²) in [5.74, 6) is 1.05. The van der Waals surface area contributed by atoms with Crippen LogP contribution in [0.3, 0.4) is 0 Å². The monoisotopic (exact) mass is 395 g/mol. The number of halogens is 2. The molecule has 2 aromatic rings. The minimum Gasteiger partial charge on any atom is -0.493 e. The quantitative estimate of drug-likeness (QED) is 0.740. The van der Waals surface area contributed by atoms with Gasteiger partial charge in [-0.2, -0.15) is 0 Å². The maximum absolute atomic E-state index is 13.0. The van der Waals surface area contributed by atoms with Crippen LogP contribution in [-0.2, 0) is 13.2 Å². The zero-order valence-electron chi connectivity index (χ0n) is 14.5. The van der Waals surface area contributed by atoms with Gasteiger partial charge in [-0.1, -0.05) is 12.1 Å². The van der Waals surface area contributed by atoms with Gasteiger partial charge in [0.25, 0.3) is 0 Å². The predicted molar refractivity (Wildman–Crippen MR) is 98.0 cm³/mol. The van der Waals surface area contributed by atoms with Gasteiger partial charge in [0.15, 0.2) is 11.5 Å². The molecule has 0 aliphatic carbocycles. The summed E-state index contributed by atoms with van der Waals surface area (Å²) in [6.45, 7) is 7.45. The molecule has 0 saturated heterocycles. The summed E-state index contributed by atoms with van der Waals surface area (Å²) in [4.78, 5) is 0. The van der Waals surface area contributed by atoms with Crippen LogP contribution in [0.5, 0.6) is 11.5 Å². The standard InChI is InChI=1S/C19H23BrFNO2/c1-19(2,3)22-11-14-9-16(20)18(17(10-14)23-4)24-12-13-5-7-15(21)8-6-13/h5-10,22H,11-12H2,1-4H3. The van der Waals surface area contributed by atoms with Gasteiger partial charge in [-0.15, -0.1) is 0 Å². The van der Waals surface area contributed by atoms with Crippen molar-refractivity contribution in [3.8, 4) is 11.5 Å². The molecule has 0 atom stereocenters. The Balaban J connectivity index is 2.13. The topological polar surface area (TPSA) is 30.5 Å². The lowest BCUT2D eigenvalue weighted by Gasteiger charge is -2.21. The van der Waals surface area contributed by atoms with Gasteiger partial charge in [-0.3, -0.25) is 0 Å². The van der Waals surface area contributed by atoms with E-state index in [4.69, 9.17) is 9.47 Å². The first kappa shape index (κ1) is 18.7. The lowest BCUT2D eigenvalue weighted by Crippen LogP contribution is -2.35. The molecule has 0 aliphatic heterocycles. The van der Waals surface area contributed by atoms with Crippen LogP contribution in [0.15, 0.2) is 40.9 Å². The average Bonchev–Trinajstić information content (AvgIpc) is 2.52. The molecule has 3 nitrogen and oxygen atoms in total. The van der Waals surface area contributed by atoms with Crippen LogP contribution in [0, 0.1) is 5.82 Å². The van der Waals surface area contributed by atoms with Crippen LogP contribution >= 0.6 is 15.9 Å². The molecule has 130 valence electrons. The Bertz CT molecular complexity index is 681. The molecule has 0 spiro atoms. The first-order chi connectivity index (χ1) is 11.3. The van der Waals surface area contributed by atoms with E-state index in [1.807, 2.05) is 12.1 Å². The zero-order chi connectivity index (χ0) is 17.7. The summed E-state index contributed by atoms with van der Waals surface area (Å²) in [6, 6.07) is 10.2. The molecule has 0 saturated carbocycles. The average molecular weight is 396 g/mol. The second kappa shape index (κ2) is 7.99. The third-order valence-corrected chi connectivity index (χ3v) is 4.00. The molecule has 2 rings (SSSR count). The third-order valence-electron chi connectivity index (χ3n) is 3.41. The molecule has 1 N–H and O–H groups in total. The van der Waals surface area contributed by atoms with Gasteiger partial charge in [0, 0.05) is 12.1 Å². The van der Waals surface area contributed by atoms with Gasteiger partial charge in [0.1, 0.15) is 12.4 Å². The Hall–Kier alpha value is -1.59. The SMILES string of the molecule is COc1cc(CNC(C)(C)C)cc(Br)c1OCc1ccc(F)cc1. The Kier molecular flexibility index (Phi) is 6.24. The highest BCUT2D eigenvalue weighted by atomic mass is 79.9. The maximum Gasteiger partial charge on any atom is 0.175 e. The van der Waals surface area contributed by atoms with E-state index in [9.17, 15) is 4.39 Å². The van der Waals surface area contributed by atoms with Crippen molar-refractivity contribution in [1.29, 1.82) is 0 Å². The van der Waals surface area contributed by atoms with E-state index in [1.54, 1.807) is 19.2 Å². The van der Waals surface area contributed by atoms with Gasteiger partial charge in [0.05, 0.1) is 11.6 Å². The Morgan fingerprint density at radius 1 is 1.08 bits per heavy atom. The summed E-state index contributed by atoms with van der Waals surface area (Å²) >= 11 is 3.55. The Morgan fingerprint density at radius 3 is 2.33 bits per heavy atom. The zero-order valence-corrected chi connectivity index (χ0v) is 16.0. The van der Waals surface area contributed by atoms with Crippen molar-refractivity contribution in [3.63, 3.8) is 0 Å². The van der Waals surface area contributed by atoms with Crippen molar-refractivity contribution in [3.05, 3.63) is 57.8 Å². The minimum absolute atomic E-state index is 0.0392. The van der Waals surface area contributed by atoms with Crippen molar-refractivity contribution in [2.75, 3.05) is 7.11 Å². The fourth-order valence-corrected chi connectivity index (χ4v) is 2.72. The highest BCUT2D eigenvalue weighted by Gasteiger charge is 2.14. The van der Waals surface area contributed by atoms with E-state index < -0.39 is 0 Å². The maximum atomic E-state index is 13.0. The number of ether oxygens (including phenoxy) is 2. The molecule has 5 heteroatoms. The Morgan fingerprint density at radius 2 is 1.75 bits per heavy atom. The molecule has 0 fully saturated rings. The number of rotatable bonds is 6. The molecular weight excluding hydrogens is 373 g/mol. The van der Waals surface area contributed by atoms with Crippen LogP contribution in [0.25, 0.3) is 0 Å². The fraction of sp³-hybridized carbons (Fsp3) is 0.368. The lowest BCUT2D eigenvalue weighted by atomic mass is 10.1. The van der Waals surface area contributed by atoms with Gasteiger partial charge < -0.3 is 14.8 Å². The van der Waals surface area contributed by atoms with E-state index in [1.165, 1.54) is 12.1 Å². The van der Waals surface area contributed by atoms with E-state index in [0.29, 0.717) is 18.1 Å². The van der Waals surface area contributed by atoms with Crippen LogP contribution in [0.1, 0.15) is 31.9 Å². The number of hydrogen-bond acceptors (Lipinski definition) is 3. The molecule has 0 heterocycles. The fourth-order valence-electron chi connectivity index (χ4n) is 2.12. The van der Waals surface area contributed by atoms with E-state index in [2.05, 4.69) is 42.0 Å². The van der Waals surface area contributed by atoms with Crippen LogP contribution in [0.2, 0.25) is 0 Å². The largest absolute Gasteiger partial charge is 0.493 e. The number of hydrogen-bond donors (Lipinski definition) is 1. The summed E-state index contributed by atoms with van der Waals surface area (Å²) in [5, 5.41) is 3.45. The molecule has 0 aliphatic rings. The minimum atomic E-state index is -0.256. The highest BCUT2D eigenvalue weighted by Crippen LogP contribution is 2.37. The molecule has 0 bridgehead atoms. The normalized spacial score (nSPS) is 11.4. The summed E-state index contributed by atoms with van der Waals surface area (Å²) in [6.07, 6.45) is 0. The molecule has 0 unspecified atom stereocenters. The van der Waals surface area contributed by atoms with Crippen LogP contribution in [0.4, 0.5) is 4.39 Å². The summed E-state index contributed by atoms with van der Waals surface area (Å²) in [7, 11) is 1.62. The number of nitrogens with one attached hydrogen (secondary N) is 1. The first-order valence-electron chi connectivity index (χ1n) is 7.77. The van der Waals surface area contributed by atoms with Gasteiger partial charge in [0.2, 0.25) is 0 Å². The van der Waals surface area contributed by atoms with Crippen LogP contribution in [-0.4, -0.2) is 12.6 Å². The second-order valence-corrected chi connectivity index (χ2v) is 7.48. The van der Waals surface area contributed by atoms with E-state index in [0.717, 1.165) is 22.1 Å². The van der Waals surface area contributed by atoms with Gasteiger partial charge in [-0.25, -0.2) is 4.39 Å². The van der Waals surface area contributed by atoms with Crippen molar-refractivity contribution in [2.24, 2.45) is 0 Å². The van der Waals surface area contributed by atoms with E-state index in [-0.39, 0.29) is 11.4 Å². The molecule has 0 radical (unpaired) electrons. The molecule has 24 heavy (non-hydrogen) atoms. The predicted octanol–water partition coefficient (Wildman–Crippen LogP) is 5.06. The van der Waals surface area contributed by atoms with Crippen molar-refractivity contribution < 1.29 is 13.9 Å². The van der Waals surface area contributed by atoms with Gasteiger partial charge >= 0.3 is 0 Å². The molecule has 2 aromatic carbocycles. The third kappa shape index (κ3) is 5.49. The first-order valence-corrected chi connectivity index (χ1v) is 8.56. The van der Waals surface area contributed by atoms with Gasteiger partial charge in [-0.05, 0) is 72.1 Å². The smallest absolute Gasteiger partial charge is 0.175 e. The highest BCUT2D eigenvalue weighted by molar-refractivity contribution is 9.10.